The van der Waals surface area contributed by atoms with Crippen LogP contribution < -0.4 is 5.32 Å². The van der Waals surface area contributed by atoms with Crippen molar-refractivity contribution in [3.63, 3.8) is 0 Å². The van der Waals surface area contributed by atoms with Crippen molar-refractivity contribution in [3.8, 4) is 0 Å². The molecule has 7 nitrogen and oxygen atoms in total. The molecule has 0 aromatic heterocycles. The maximum absolute atomic E-state index is 13.2. The van der Waals surface area contributed by atoms with Crippen molar-refractivity contribution in [2.24, 2.45) is 5.92 Å². The van der Waals surface area contributed by atoms with Gasteiger partial charge in [-0.25, -0.2) is 4.39 Å². The second-order valence-electron chi connectivity index (χ2n) is 9.60. The molecule has 1 aromatic rings. The monoisotopic (exact) mass is 486 g/mol. The summed E-state index contributed by atoms with van der Waals surface area (Å²) < 4.78 is 18.4. The van der Waals surface area contributed by atoms with Crippen LogP contribution in [0.4, 0.5) is 4.39 Å². The molecule has 0 spiro atoms. The lowest BCUT2D eigenvalue weighted by molar-refractivity contribution is -0.156. The standard InChI is InChI=1S/C27H35FN2O5/c1-6-20(26(34)29-22(24(32)15-28)14-25(33)35-27(3,4)5)21-16-30(13-12-18(21)2)23(17-31)19-10-8-7-9-11-19/h7-13,17,20,22-23H,6,14-16H2,1-5H3,(H,29,34). The summed E-state index contributed by atoms with van der Waals surface area (Å²) in [6, 6.07) is 7.48. The first-order chi connectivity index (χ1) is 16.5. The van der Waals surface area contributed by atoms with Crippen molar-refractivity contribution in [1.82, 2.24) is 10.2 Å². The zero-order chi connectivity index (χ0) is 26.2. The summed E-state index contributed by atoms with van der Waals surface area (Å²) >= 11 is 0. The first-order valence-electron chi connectivity index (χ1n) is 11.7. The van der Waals surface area contributed by atoms with Gasteiger partial charge in [0.1, 0.15) is 30.6 Å². The van der Waals surface area contributed by atoms with E-state index >= 15 is 0 Å². The van der Waals surface area contributed by atoms with Gasteiger partial charge >= 0.3 is 5.97 Å². The number of carbonyl (C=O) groups excluding carboxylic acids is 4. The molecule has 190 valence electrons. The zero-order valence-corrected chi connectivity index (χ0v) is 21.0. The molecule has 1 heterocycles. The first-order valence-corrected chi connectivity index (χ1v) is 11.7. The summed E-state index contributed by atoms with van der Waals surface area (Å²) in [6.45, 7) is 7.79. The van der Waals surface area contributed by atoms with Crippen LogP contribution in [0, 0.1) is 5.92 Å². The predicted octanol–water partition coefficient (Wildman–Crippen LogP) is 3.85. The molecule has 3 unspecified atom stereocenters. The minimum Gasteiger partial charge on any atom is -0.460 e. The topological polar surface area (TPSA) is 92.8 Å². The van der Waals surface area contributed by atoms with E-state index in [1.165, 1.54) is 0 Å². The van der Waals surface area contributed by atoms with Gasteiger partial charge in [-0.3, -0.25) is 14.4 Å². The number of carbonyl (C=O) groups is 4. The van der Waals surface area contributed by atoms with Crippen molar-refractivity contribution >= 4 is 23.9 Å². The normalized spacial score (nSPS) is 16.3. The number of amides is 1. The van der Waals surface area contributed by atoms with Crippen LogP contribution >= 0.6 is 0 Å². The Labute approximate surface area is 206 Å². The largest absolute Gasteiger partial charge is 0.460 e. The molecule has 1 amide bonds. The molecule has 1 aliphatic rings. The highest BCUT2D eigenvalue weighted by atomic mass is 19.1. The third kappa shape index (κ3) is 7.87. The van der Waals surface area contributed by atoms with Crippen molar-refractivity contribution in [2.45, 2.75) is 65.1 Å². The van der Waals surface area contributed by atoms with E-state index in [2.05, 4.69) is 5.32 Å². The second kappa shape index (κ2) is 12.4. The number of Topliss-reactive ketones (excluding diaryl/α,β-unsaturated/α-hetero) is 1. The van der Waals surface area contributed by atoms with Gasteiger partial charge in [0.25, 0.3) is 0 Å². The quantitative estimate of drug-likeness (QED) is 0.377. The van der Waals surface area contributed by atoms with Crippen molar-refractivity contribution in [3.05, 3.63) is 59.3 Å². The van der Waals surface area contributed by atoms with Crippen LogP contribution in [0.5, 0.6) is 0 Å². The van der Waals surface area contributed by atoms with E-state index in [0.717, 1.165) is 23.0 Å². The summed E-state index contributed by atoms with van der Waals surface area (Å²) in [6.07, 6.45) is 4.50. The summed E-state index contributed by atoms with van der Waals surface area (Å²) in [5, 5.41) is 2.57. The van der Waals surface area contributed by atoms with E-state index in [4.69, 9.17) is 4.74 Å². The molecular weight excluding hydrogens is 451 g/mol. The highest BCUT2D eigenvalue weighted by Crippen LogP contribution is 2.30. The fourth-order valence-corrected chi connectivity index (χ4v) is 4.01. The average Bonchev–Trinajstić information content (AvgIpc) is 2.80. The van der Waals surface area contributed by atoms with Crippen molar-refractivity contribution < 1.29 is 28.3 Å². The number of aldehydes is 1. The number of alkyl halides is 1. The molecule has 0 fully saturated rings. The van der Waals surface area contributed by atoms with Crippen LogP contribution in [-0.4, -0.2) is 53.7 Å². The van der Waals surface area contributed by atoms with Crippen LogP contribution in [0.25, 0.3) is 0 Å². The lowest BCUT2D eigenvalue weighted by Gasteiger charge is -2.34. The molecule has 0 bridgehead atoms. The van der Waals surface area contributed by atoms with Crippen LogP contribution in [0.3, 0.4) is 0 Å². The lowest BCUT2D eigenvalue weighted by atomic mass is 9.88. The number of nitrogens with one attached hydrogen (secondary N) is 1. The highest BCUT2D eigenvalue weighted by Gasteiger charge is 2.32. The van der Waals surface area contributed by atoms with Crippen molar-refractivity contribution in [2.75, 3.05) is 13.2 Å². The van der Waals surface area contributed by atoms with Gasteiger partial charge in [0.2, 0.25) is 5.91 Å². The highest BCUT2D eigenvalue weighted by molar-refractivity contribution is 5.94. The minimum absolute atomic E-state index is 0.334. The van der Waals surface area contributed by atoms with Gasteiger partial charge in [0, 0.05) is 12.7 Å². The third-order valence-electron chi connectivity index (χ3n) is 5.78. The lowest BCUT2D eigenvalue weighted by Crippen LogP contribution is -2.47. The number of nitrogens with zero attached hydrogens (tertiary/aromatic N) is 1. The molecule has 35 heavy (non-hydrogen) atoms. The average molecular weight is 487 g/mol. The van der Waals surface area contributed by atoms with Gasteiger partial charge < -0.3 is 19.7 Å². The van der Waals surface area contributed by atoms with E-state index in [-0.39, 0.29) is 0 Å². The molecule has 3 atom stereocenters. The number of hydrogen-bond acceptors (Lipinski definition) is 6. The van der Waals surface area contributed by atoms with Crippen molar-refractivity contribution in [1.29, 1.82) is 0 Å². The second-order valence-corrected chi connectivity index (χ2v) is 9.60. The number of rotatable bonds is 11. The van der Waals surface area contributed by atoms with E-state index in [1.807, 2.05) is 61.4 Å². The number of esters is 1. The molecule has 0 saturated carbocycles. The SMILES string of the molecule is CCC(C(=O)NC(CC(=O)OC(C)(C)C)C(=O)CF)C1=C(C)C=CN(C(C=O)c2ccccc2)C1. The summed E-state index contributed by atoms with van der Waals surface area (Å²) in [5.41, 5.74) is 1.72. The fourth-order valence-electron chi connectivity index (χ4n) is 4.01. The Balaban J connectivity index is 2.21. The fraction of sp³-hybridized carbons (Fsp3) is 0.481. The number of halogens is 1. The van der Waals surface area contributed by atoms with Crippen LogP contribution in [-0.2, 0) is 23.9 Å². The number of hydrogen-bond donors (Lipinski definition) is 1. The molecule has 0 saturated heterocycles. The minimum atomic E-state index is -1.32. The summed E-state index contributed by atoms with van der Waals surface area (Å²) in [7, 11) is 0. The van der Waals surface area contributed by atoms with E-state index in [0.29, 0.717) is 13.0 Å². The number of allylic oxidation sites excluding steroid dienone is 2. The summed E-state index contributed by atoms with van der Waals surface area (Å²) in [5.74, 6) is -2.69. The molecule has 0 aliphatic carbocycles. The van der Waals surface area contributed by atoms with Gasteiger partial charge in [0.05, 0.1) is 12.3 Å². The van der Waals surface area contributed by atoms with Gasteiger partial charge in [-0.15, -0.1) is 0 Å². The Hall–Kier alpha value is -3.29. The van der Waals surface area contributed by atoms with E-state index in [9.17, 15) is 23.6 Å². The van der Waals surface area contributed by atoms with Gasteiger partial charge in [-0.1, -0.05) is 37.3 Å². The van der Waals surface area contributed by atoms with Crippen LogP contribution in [0.2, 0.25) is 0 Å². The van der Waals surface area contributed by atoms with Crippen LogP contribution in [0.1, 0.15) is 59.1 Å². The van der Waals surface area contributed by atoms with Gasteiger partial charge in [-0.2, -0.15) is 0 Å². The van der Waals surface area contributed by atoms with E-state index < -0.39 is 54.4 Å². The Morgan fingerprint density at radius 2 is 1.86 bits per heavy atom. The molecular formula is C27H35FN2O5. The molecule has 8 heteroatoms. The van der Waals surface area contributed by atoms with Crippen LogP contribution in [0.15, 0.2) is 53.8 Å². The first kappa shape index (κ1) is 28.0. The van der Waals surface area contributed by atoms with Gasteiger partial charge in [-0.05, 0) is 56.9 Å². The molecule has 1 aromatic carbocycles. The smallest absolute Gasteiger partial charge is 0.308 e. The Morgan fingerprint density at radius 1 is 1.20 bits per heavy atom. The number of ketones is 1. The molecule has 0 radical (unpaired) electrons. The Kier molecular flexibility index (Phi) is 9.92. The third-order valence-corrected chi connectivity index (χ3v) is 5.78. The van der Waals surface area contributed by atoms with E-state index in [1.54, 1.807) is 20.8 Å². The predicted molar refractivity (Wildman–Crippen MR) is 131 cm³/mol. The maximum Gasteiger partial charge on any atom is 0.308 e. The molecule has 2 rings (SSSR count). The zero-order valence-electron chi connectivity index (χ0n) is 21.0. The summed E-state index contributed by atoms with van der Waals surface area (Å²) in [4.78, 5) is 51.4. The molecule has 1 aliphatic heterocycles. The van der Waals surface area contributed by atoms with Gasteiger partial charge in [0.15, 0.2) is 5.78 Å². The molecule has 1 N–H and O–H groups in total. The number of ether oxygens (including phenoxy) is 1. The Bertz CT molecular complexity index is 981. The maximum atomic E-state index is 13.2. The number of benzene rings is 1. The Morgan fingerprint density at radius 3 is 2.40 bits per heavy atom.